The lowest BCUT2D eigenvalue weighted by molar-refractivity contribution is 0.0692. The smallest absolute Gasteiger partial charge is 0.356 e. The predicted octanol–water partition coefficient (Wildman–Crippen LogP) is 4.55. The zero-order valence-electron chi connectivity index (χ0n) is 10.7. The molecule has 2 heterocycles. The fraction of sp³-hybridized carbons (Fsp3) is 0.0667. The van der Waals surface area contributed by atoms with Gasteiger partial charge in [0.15, 0.2) is 5.69 Å². The molecule has 3 aromatic rings. The summed E-state index contributed by atoms with van der Waals surface area (Å²) < 4.78 is 0. The van der Waals surface area contributed by atoms with Crippen LogP contribution in [0.25, 0.3) is 21.0 Å². The van der Waals surface area contributed by atoms with E-state index < -0.39 is 5.97 Å². The highest BCUT2D eigenvalue weighted by Gasteiger charge is 2.20. The number of hydrogen-bond acceptors (Lipinski definition) is 4. The number of benzene rings is 1. The Morgan fingerprint density at radius 1 is 1.20 bits per heavy atom. The van der Waals surface area contributed by atoms with Crippen molar-refractivity contribution in [2.45, 2.75) is 6.92 Å². The van der Waals surface area contributed by atoms with Crippen LogP contribution in [0.15, 0.2) is 41.1 Å². The van der Waals surface area contributed by atoms with E-state index in [1.165, 1.54) is 11.3 Å². The van der Waals surface area contributed by atoms with Crippen molar-refractivity contribution in [1.29, 1.82) is 0 Å². The van der Waals surface area contributed by atoms with Gasteiger partial charge >= 0.3 is 5.97 Å². The zero-order valence-corrected chi connectivity index (χ0v) is 12.3. The largest absolute Gasteiger partial charge is 0.476 e. The number of aryl methyl sites for hydroxylation is 1. The van der Waals surface area contributed by atoms with Gasteiger partial charge in [0.2, 0.25) is 0 Å². The van der Waals surface area contributed by atoms with Gasteiger partial charge in [-0.1, -0.05) is 30.3 Å². The molecule has 0 saturated heterocycles. The first-order chi connectivity index (χ1) is 9.66. The van der Waals surface area contributed by atoms with E-state index in [0.717, 1.165) is 21.7 Å². The molecule has 2 aromatic heterocycles. The molecular weight excluding hydrogens is 290 g/mol. The van der Waals surface area contributed by atoms with Crippen molar-refractivity contribution < 1.29 is 9.90 Å². The summed E-state index contributed by atoms with van der Waals surface area (Å²) in [5.74, 6) is -0.987. The van der Waals surface area contributed by atoms with Crippen molar-refractivity contribution in [3.8, 4) is 21.0 Å². The Morgan fingerprint density at radius 2 is 1.95 bits per heavy atom. The van der Waals surface area contributed by atoms with Gasteiger partial charge in [0.1, 0.15) is 5.01 Å². The second-order valence-electron chi connectivity index (χ2n) is 4.34. The van der Waals surface area contributed by atoms with Crippen LogP contribution in [0, 0.1) is 6.92 Å². The average Bonchev–Trinajstić information content (AvgIpc) is 3.05. The van der Waals surface area contributed by atoms with Crippen LogP contribution < -0.4 is 0 Å². The number of thiazole rings is 1. The minimum absolute atomic E-state index is 0.127. The van der Waals surface area contributed by atoms with Crippen LogP contribution in [-0.4, -0.2) is 16.1 Å². The van der Waals surface area contributed by atoms with Crippen molar-refractivity contribution in [2.24, 2.45) is 0 Å². The summed E-state index contributed by atoms with van der Waals surface area (Å²) in [6, 6.07) is 9.52. The van der Waals surface area contributed by atoms with E-state index in [-0.39, 0.29) is 5.69 Å². The maximum Gasteiger partial charge on any atom is 0.356 e. The summed E-state index contributed by atoms with van der Waals surface area (Å²) >= 11 is 3.03. The monoisotopic (exact) mass is 301 g/mol. The van der Waals surface area contributed by atoms with Gasteiger partial charge in [0.05, 0.1) is 4.88 Å². The van der Waals surface area contributed by atoms with Crippen molar-refractivity contribution >= 4 is 28.6 Å². The maximum atomic E-state index is 11.4. The summed E-state index contributed by atoms with van der Waals surface area (Å²) in [7, 11) is 0. The fourth-order valence-corrected chi connectivity index (χ4v) is 4.00. The molecule has 1 N–H and O–H groups in total. The Balaban J connectivity index is 2.18. The third kappa shape index (κ3) is 2.26. The fourth-order valence-electron chi connectivity index (χ4n) is 1.95. The zero-order chi connectivity index (χ0) is 14.1. The number of carboxylic acids is 1. The summed E-state index contributed by atoms with van der Waals surface area (Å²) in [6.07, 6.45) is 0. The minimum atomic E-state index is -0.987. The lowest BCUT2D eigenvalue weighted by Gasteiger charge is -1.97. The molecule has 100 valence electrons. The van der Waals surface area contributed by atoms with Crippen LogP contribution in [-0.2, 0) is 0 Å². The molecule has 0 aliphatic rings. The van der Waals surface area contributed by atoms with Gasteiger partial charge in [0, 0.05) is 10.9 Å². The highest BCUT2D eigenvalue weighted by molar-refractivity contribution is 7.19. The molecular formula is C15H11NO2S2. The molecule has 3 nitrogen and oxygen atoms in total. The lowest BCUT2D eigenvalue weighted by Crippen LogP contribution is -1.98. The molecule has 0 spiro atoms. The Bertz CT molecular complexity index is 759. The summed E-state index contributed by atoms with van der Waals surface area (Å²) in [5, 5.41) is 14.2. The van der Waals surface area contributed by atoms with Gasteiger partial charge in [-0.2, -0.15) is 11.3 Å². The third-order valence-corrected chi connectivity index (χ3v) is 4.95. The van der Waals surface area contributed by atoms with Crippen LogP contribution in [0.4, 0.5) is 0 Å². The van der Waals surface area contributed by atoms with E-state index >= 15 is 0 Å². The second-order valence-corrected chi connectivity index (χ2v) is 6.08. The molecule has 3 rings (SSSR count). The van der Waals surface area contributed by atoms with Gasteiger partial charge in [-0.25, -0.2) is 9.78 Å². The molecule has 0 aliphatic heterocycles. The summed E-state index contributed by atoms with van der Waals surface area (Å²) in [4.78, 5) is 16.4. The first kappa shape index (κ1) is 13.0. The Labute approximate surface area is 124 Å². The molecule has 5 heteroatoms. The van der Waals surface area contributed by atoms with Gasteiger partial charge in [-0.15, -0.1) is 11.3 Å². The topological polar surface area (TPSA) is 50.2 Å². The van der Waals surface area contributed by atoms with Crippen molar-refractivity contribution in [1.82, 2.24) is 4.98 Å². The van der Waals surface area contributed by atoms with Gasteiger partial charge in [-0.05, 0) is 23.4 Å². The van der Waals surface area contributed by atoms with E-state index in [9.17, 15) is 9.90 Å². The minimum Gasteiger partial charge on any atom is -0.476 e. The number of aromatic nitrogens is 1. The van der Waals surface area contributed by atoms with Crippen molar-refractivity contribution in [3.05, 3.63) is 52.3 Å². The number of rotatable bonds is 3. The van der Waals surface area contributed by atoms with E-state index in [0.29, 0.717) is 4.88 Å². The summed E-state index contributed by atoms with van der Waals surface area (Å²) in [6.45, 7) is 2.01. The molecule has 0 atom stereocenters. The van der Waals surface area contributed by atoms with Gasteiger partial charge in [0.25, 0.3) is 0 Å². The van der Waals surface area contributed by atoms with Crippen molar-refractivity contribution in [3.63, 3.8) is 0 Å². The molecule has 0 fully saturated rings. The molecule has 0 radical (unpaired) electrons. The van der Waals surface area contributed by atoms with E-state index in [1.54, 1.807) is 11.3 Å². The van der Waals surface area contributed by atoms with E-state index in [1.807, 2.05) is 48.0 Å². The van der Waals surface area contributed by atoms with Crippen LogP contribution in [0.3, 0.4) is 0 Å². The second kappa shape index (κ2) is 5.19. The lowest BCUT2D eigenvalue weighted by atomic mass is 10.1. The first-order valence-electron chi connectivity index (χ1n) is 5.99. The van der Waals surface area contributed by atoms with Gasteiger partial charge in [-0.3, -0.25) is 0 Å². The highest BCUT2D eigenvalue weighted by Crippen LogP contribution is 2.37. The first-order valence-corrected chi connectivity index (χ1v) is 7.75. The van der Waals surface area contributed by atoms with Crippen LogP contribution in [0.2, 0.25) is 0 Å². The number of carbonyl (C=O) groups is 1. The molecule has 0 aliphatic carbocycles. The highest BCUT2D eigenvalue weighted by atomic mass is 32.1. The van der Waals surface area contributed by atoms with Crippen LogP contribution in [0.1, 0.15) is 16.1 Å². The summed E-state index contributed by atoms with van der Waals surface area (Å²) in [5.41, 5.74) is 3.16. The number of carboxylic acid groups (broad SMARTS) is 1. The van der Waals surface area contributed by atoms with Crippen LogP contribution >= 0.6 is 22.7 Å². The van der Waals surface area contributed by atoms with E-state index in [2.05, 4.69) is 4.98 Å². The molecule has 0 unspecified atom stereocenters. The number of nitrogens with zero attached hydrogens (tertiary/aromatic N) is 1. The Kier molecular flexibility index (Phi) is 3.38. The maximum absolute atomic E-state index is 11.4. The number of aromatic carboxylic acids is 1. The van der Waals surface area contributed by atoms with Gasteiger partial charge < -0.3 is 5.11 Å². The quantitative estimate of drug-likeness (QED) is 0.772. The number of hydrogen-bond donors (Lipinski definition) is 1. The number of thiophene rings is 1. The molecule has 1 aromatic carbocycles. The molecule has 0 bridgehead atoms. The van der Waals surface area contributed by atoms with Crippen molar-refractivity contribution in [2.75, 3.05) is 0 Å². The Morgan fingerprint density at radius 3 is 2.55 bits per heavy atom. The SMILES string of the molecule is Cc1cscc1-c1nc(C(=O)O)c(-c2ccccc2)s1. The Hall–Kier alpha value is -1.98. The molecule has 0 saturated carbocycles. The molecule has 0 amide bonds. The van der Waals surface area contributed by atoms with E-state index in [4.69, 9.17) is 0 Å². The average molecular weight is 301 g/mol. The predicted molar refractivity (Wildman–Crippen MR) is 82.6 cm³/mol. The normalized spacial score (nSPS) is 10.7. The van der Waals surface area contributed by atoms with Crippen LogP contribution in [0.5, 0.6) is 0 Å². The standard InChI is InChI=1S/C15H11NO2S2/c1-9-7-19-8-11(9)14-16-12(15(17)18)13(20-14)10-5-3-2-4-6-10/h2-8H,1H3,(H,17,18). The molecule has 20 heavy (non-hydrogen) atoms. The third-order valence-electron chi connectivity index (χ3n) is 2.95.